The molecule has 2 rings (SSSR count). The molecule has 0 fully saturated rings. The summed E-state index contributed by atoms with van der Waals surface area (Å²) in [7, 11) is 0. The summed E-state index contributed by atoms with van der Waals surface area (Å²) in [6.07, 6.45) is 2.25. The van der Waals surface area contributed by atoms with E-state index in [0.717, 1.165) is 10.9 Å². The van der Waals surface area contributed by atoms with Crippen molar-refractivity contribution in [2.45, 2.75) is 12.8 Å². The minimum Gasteiger partial charge on any atom is -0.481 e. The normalized spacial score (nSPS) is 10.6. The molecular formula is C10H9NO3. The number of carboxylic acid groups (broad SMARTS) is 1. The van der Waals surface area contributed by atoms with E-state index in [0.29, 0.717) is 12.0 Å². The van der Waals surface area contributed by atoms with E-state index in [1.54, 1.807) is 6.20 Å². The maximum absolute atomic E-state index is 10.4. The Morgan fingerprint density at radius 3 is 3.14 bits per heavy atom. The zero-order chi connectivity index (χ0) is 9.97. The SMILES string of the molecule is O=C(O)CCc1cccc2oncc12. The molecule has 0 radical (unpaired) electrons. The molecule has 0 amide bonds. The van der Waals surface area contributed by atoms with Gasteiger partial charge in [-0.15, -0.1) is 0 Å². The lowest BCUT2D eigenvalue weighted by Crippen LogP contribution is -1.97. The standard InChI is InChI=1S/C10H9NO3/c12-10(13)5-4-7-2-1-3-9-8(7)6-11-14-9/h1-3,6H,4-5H2,(H,12,13). The Balaban J connectivity index is 2.32. The maximum Gasteiger partial charge on any atom is 0.303 e. The summed E-state index contributed by atoms with van der Waals surface area (Å²) in [5.41, 5.74) is 1.67. The highest BCUT2D eigenvalue weighted by molar-refractivity contribution is 5.80. The molecule has 72 valence electrons. The highest BCUT2D eigenvalue weighted by Gasteiger charge is 2.05. The molecule has 0 saturated heterocycles. The van der Waals surface area contributed by atoms with E-state index in [-0.39, 0.29) is 6.42 Å². The van der Waals surface area contributed by atoms with E-state index in [1.165, 1.54) is 0 Å². The lowest BCUT2D eigenvalue weighted by atomic mass is 10.1. The molecule has 0 bridgehead atoms. The first kappa shape index (κ1) is 8.74. The van der Waals surface area contributed by atoms with Gasteiger partial charge < -0.3 is 9.63 Å². The summed E-state index contributed by atoms with van der Waals surface area (Å²) in [6, 6.07) is 5.54. The molecule has 0 saturated carbocycles. The van der Waals surface area contributed by atoms with Crippen molar-refractivity contribution in [2.75, 3.05) is 0 Å². The molecule has 1 aromatic carbocycles. The largest absolute Gasteiger partial charge is 0.481 e. The van der Waals surface area contributed by atoms with Gasteiger partial charge >= 0.3 is 5.97 Å². The third-order valence-electron chi connectivity index (χ3n) is 2.10. The van der Waals surface area contributed by atoms with Crippen molar-refractivity contribution in [1.82, 2.24) is 5.16 Å². The van der Waals surface area contributed by atoms with Crippen molar-refractivity contribution in [1.29, 1.82) is 0 Å². The highest BCUT2D eigenvalue weighted by atomic mass is 16.5. The fourth-order valence-electron chi connectivity index (χ4n) is 1.41. The quantitative estimate of drug-likeness (QED) is 0.804. The summed E-state index contributed by atoms with van der Waals surface area (Å²) < 4.78 is 4.97. The predicted octanol–water partition coefficient (Wildman–Crippen LogP) is 1.84. The highest BCUT2D eigenvalue weighted by Crippen LogP contribution is 2.19. The smallest absolute Gasteiger partial charge is 0.303 e. The average Bonchev–Trinajstić information content (AvgIpc) is 2.62. The number of nitrogens with zero attached hydrogens (tertiary/aromatic N) is 1. The van der Waals surface area contributed by atoms with Gasteiger partial charge in [-0.1, -0.05) is 17.3 Å². The second-order valence-electron chi connectivity index (χ2n) is 3.05. The van der Waals surface area contributed by atoms with Gasteiger partial charge in [0.25, 0.3) is 0 Å². The van der Waals surface area contributed by atoms with Gasteiger partial charge in [0.15, 0.2) is 5.58 Å². The van der Waals surface area contributed by atoms with Crippen LogP contribution in [0, 0.1) is 0 Å². The molecule has 1 aromatic heterocycles. The lowest BCUT2D eigenvalue weighted by Gasteiger charge is -1.98. The molecule has 2 aromatic rings. The summed E-state index contributed by atoms with van der Waals surface area (Å²) in [6.45, 7) is 0. The summed E-state index contributed by atoms with van der Waals surface area (Å²) in [4.78, 5) is 10.4. The maximum atomic E-state index is 10.4. The van der Waals surface area contributed by atoms with E-state index in [2.05, 4.69) is 5.16 Å². The van der Waals surface area contributed by atoms with Crippen LogP contribution in [0.1, 0.15) is 12.0 Å². The molecule has 14 heavy (non-hydrogen) atoms. The number of aryl methyl sites for hydroxylation is 1. The molecule has 0 spiro atoms. The summed E-state index contributed by atoms with van der Waals surface area (Å²) >= 11 is 0. The number of aromatic nitrogens is 1. The van der Waals surface area contributed by atoms with Crippen molar-refractivity contribution in [2.24, 2.45) is 0 Å². The molecule has 4 nitrogen and oxygen atoms in total. The average molecular weight is 191 g/mol. The molecule has 0 unspecified atom stereocenters. The zero-order valence-corrected chi connectivity index (χ0v) is 7.43. The molecule has 1 heterocycles. The van der Waals surface area contributed by atoms with E-state index in [9.17, 15) is 4.79 Å². The number of hydrogen-bond donors (Lipinski definition) is 1. The first-order chi connectivity index (χ1) is 6.77. The zero-order valence-electron chi connectivity index (χ0n) is 7.43. The van der Waals surface area contributed by atoms with Crippen LogP contribution in [0.3, 0.4) is 0 Å². The fraction of sp³-hybridized carbons (Fsp3) is 0.200. The van der Waals surface area contributed by atoms with Crippen molar-refractivity contribution >= 4 is 16.9 Å². The van der Waals surface area contributed by atoms with Crippen LogP contribution in [-0.2, 0) is 11.2 Å². The van der Waals surface area contributed by atoms with Crippen molar-refractivity contribution in [3.63, 3.8) is 0 Å². The van der Waals surface area contributed by atoms with Gasteiger partial charge in [-0.2, -0.15) is 0 Å². The van der Waals surface area contributed by atoms with Gasteiger partial charge in [0.1, 0.15) is 0 Å². The Hall–Kier alpha value is -1.84. The van der Waals surface area contributed by atoms with Crippen molar-refractivity contribution in [3.8, 4) is 0 Å². The molecule has 4 heteroatoms. The van der Waals surface area contributed by atoms with Gasteiger partial charge in [-0.3, -0.25) is 4.79 Å². The van der Waals surface area contributed by atoms with Gasteiger partial charge in [-0.05, 0) is 18.1 Å². The Morgan fingerprint density at radius 1 is 1.50 bits per heavy atom. The number of aliphatic carboxylic acids is 1. The van der Waals surface area contributed by atoms with E-state index in [1.807, 2.05) is 18.2 Å². The van der Waals surface area contributed by atoms with Crippen LogP contribution in [0.4, 0.5) is 0 Å². The monoisotopic (exact) mass is 191 g/mol. The predicted molar refractivity (Wildman–Crippen MR) is 50.0 cm³/mol. The molecule has 0 aliphatic carbocycles. The number of carbonyl (C=O) groups is 1. The minimum absolute atomic E-state index is 0.129. The second kappa shape index (κ2) is 3.49. The molecular weight excluding hydrogens is 182 g/mol. The van der Waals surface area contributed by atoms with E-state index >= 15 is 0 Å². The Kier molecular flexibility index (Phi) is 2.18. The van der Waals surface area contributed by atoms with Gasteiger partial charge in [0, 0.05) is 11.8 Å². The van der Waals surface area contributed by atoms with Crippen LogP contribution in [-0.4, -0.2) is 16.2 Å². The number of hydrogen-bond acceptors (Lipinski definition) is 3. The number of carboxylic acids is 1. The Labute approximate surface area is 80.1 Å². The number of benzene rings is 1. The van der Waals surface area contributed by atoms with Crippen LogP contribution < -0.4 is 0 Å². The topological polar surface area (TPSA) is 63.3 Å². The van der Waals surface area contributed by atoms with E-state index < -0.39 is 5.97 Å². The van der Waals surface area contributed by atoms with Crippen LogP contribution in [0.25, 0.3) is 11.0 Å². The molecule has 1 N–H and O–H groups in total. The number of fused-ring (bicyclic) bond motifs is 1. The Morgan fingerprint density at radius 2 is 2.36 bits per heavy atom. The van der Waals surface area contributed by atoms with Crippen LogP contribution in [0.5, 0.6) is 0 Å². The van der Waals surface area contributed by atoms with Crippen LogP contribution in [0.2, 0.25) is 0 Å². The van der Waals surface area contributed by atoms with Gasteiger partial charge in [0.05, 0.1) is 6.20 Å². The minimum atomic E-state index is -0.793. The van der Waals surface area contributed by atoms with Crippen molar-refractivity contribution in [3.05, 3.63) is 30.0 Å². The first-order valence-electron chi connectivity index (χ1n) is 4.31. The third kappa shape index (κ3) is 1.59. The third-order valence-corrected chi connectivity index (χ3v) is 2.10. The van der Waals surface area contributed by atoms with E-state index in [4.69, 9.17) is 9.63 Å². The molecule has 0 aliphatic rings. The summed E-state index contributed by atoms with van der Waals surface area (Å²) in [5.74, 6) is -0.793. The van der Waals surface area contributed by atoms with Crippen LogP contribution in [0.15, 0.2) is 28.9 Å². The molecule has 0 aliphatic heterocycles. The fourth-order valence-corrected chi connectivity index (χ4v) is 1.41. The van der Waals surface area contributed by atoms with Crippen molar-refractivity contribution < 1.29 is 14.4 Å². The first-order valence-corrected chi connectivity index (χ1v) is 4.31. The summed E-state index contributed by atoms with van der Waals surface area (Å²) in [5, 5.41) is 13.1. The number of rotatable bonds is 3. The lowest BCUT2D eigenvalue weighted by molar-refractivity contribution is -0.136. The van der Waals surface area contributed by atoms with Gasteiger partial charge in [-0.25, -0.2) is 0 Å². The second-order valence-corrected chi connectivity index (χ2v) is 3.05. The molecule has 0 atom stereocenters. The Bertz CT molecular complexity index is 461. The van der Waals surface area contributed by atoms with Gasteiger partial charge in [0.2, 0.25) is 0 Å². The van der Waals surface area contributed by atoms with Crippen LogP contribution >= 0.6 is 0 Å².